The van der Waals surface area contributed by atoms with Crippen LogP contribution in [0.4, 0.5) is 0 Å². The Bertz CT molecular complexity index is 569. The van der Waals surface area contributed by atoms with Gasteiger partial charge in [-0.25, -0.2) is 0 Å². The van der Waals surface area contributed by atoms with Crippen LogP contribution < -0.4 is 0 Å². The molecule has 5 aliphatic carbocycles. The molecule has 9 atom stereocenters. The van der Waals surface area contributed by atoms with E-state index in [1.54, 1.807) is 0 Å². The second-order valence-electron chi connectivity index (χ2n) is 12.3. The maximum absolute atomic E-state index is 10.9. The van der Waals surface area contributed by atoms with E-state index in [1.807, 2.05) is 0 Å². The van der Waals surface area contributed by atoms with Crippen molar-refractivity contribution in [3.63, 3.8) is 0 Å². The first-order valence-corrected chi connectivity index (χ1v) is 12.8. The first-order chi connectivity index (χ1) is 13.4. The highest BCUT2D eigenvalue weighted by molar-refractivity contribution is 5.09. The minimum absolute atomic E-state index is 0.0311. The average Bonchev–Trinajstić information content (AvgIpc) is 3.31. The number of rotatable bonds is 3. The predicted octanol–water partition coefficient (Wildman–Crippen LogP) is 5.95. The Kier molecular flexibility index (Phi) is 5.15. The van der Waals surface area contributed by atoms with Gasteiger partial charge in [-0.15, -0.1) is 0 Å². The molecule has 0 bridgehead atoms. The van der Waals surface area contributed by atoms with Crippen LogP contribution in [0.2, 0.25) is 0 Å². The molecule has 5 rings (SSSR count). The zero-order valence-corrected chi connectivity index (χ0v) is 18.4. The number of aliphatic hydroxyl groups excluding tert-OH is 2. The Balaban J connectivity index is 1.31. The van der Waals surface area contributed by atoms with Crippen molar-refractivity contribution in [1.29, 1.82) is 0 Å². The molecule has 0 aromatic carbocycles. The van der Waals surface area contributed by atoms with E-state index in [-0.39, 0.29) is 12.2 Å². The lowest BCUT2D eigenvalue weighted by atomic mass is 9.44. The van der Waals surface area contributed by atoms with Gasteiger partial charge in [-0.1, -0.05) is 26.7 Å². The molecule has 0 aromatic rings. The van der Waals surface area contributed by atoms with Gasteiger partial charge in [-0.05, 0) is 123 Å². The van der Waals surface area contributed by atoms with Gasteiger partial charge in [-0.3, -0.25) is 0 Å². The summed E-state index contributed by atoms with van der Waals surface area (Å²) >= 11 is 0. The van der Waals surface area contributed by atoms with Crippen molar-refractivity contribution >= 4 is 0 Å². The van der Waals surface area contributed by atoms with Crippen molar-refractivity contribution in [2.45, 2.75) is 116 Å². The van der Waals surface area contributed by atoms with Gasteiger partial charge in [0.25, 0.3) is 0 Å². The minimum Gasteiger partial charge on any atom is -0.393 e. The van der Waals surface area contributed by atoms with E-state index >= 15 is 0 Å². The van der Waals surface area contributed by atoms with E-state index in [2.05, 4.69) is 13.8 Å². The largest absolute Gasteiger partial charge is 0.393 e. The molecule has 0 aliphatic heterocycles. The van der Waals surface area contributed by atoms with E-state index in [4.69, 9.17) is 0 Å². The summed E-state index contributed by atoms with van der Waals surface area (Å²) in [6, 6.07) is 0. The van der Waals surface area contributed by atoms with Crippen LogP contribution in [0.25, 0.3) is 0 Å². The molecule has 2 nitrogen and oxygen atoms in total. The molecule has 5 saturated carbocycles. The lowest BCUT2D eigenvalue weighted by Gasteiger charge is -2.61. The summed E-state index contributed by atoms with van der Waals surface area (Å²) in [5.41, 5.74) is 0.975. The molecule has 2 N–H and O–H groups in total. The van der Waals surface area contributed by atoms with Gasteiger partial charge in [0.1, 0.15) is 0 Å². The molecule has 0 saturated heterocycles. The maximum Gasteiger partial charge on any atom is 0.0571 e. The normalized spacial score (nSPS) is 52.7. The predicted molar refractivity (Wildman–Crippen MR) is 114 cm³/mol. The highest BCUT2D eigenvalue weighted by Crippen LogP contribution is 2.68. The second-order valence-corrected chi connectivity index (χ2v) is 12.3. The van der Waals surface area contributed by atoms with Crippen molar-refractivity contribution in [1.82, 2.24) is 0 Å². The maximum atomic E-state index is 10.9. The zero-order chi connectivity index (χ0) is 19.5. The lowest BCUT2D eigenvalue weighted by Crippen LogP contribution is -2.54. The molecule has 0 heterocycles. The van der Waals surface area contributed by atoms with Crippen molar-refractivity contribution in [3.05, 3.63) is 0 Å². The monoisotopic (exact) mass is 388 g/mol. The van der Waals surface area contributed by atoms with Crippen LogP contribution in [0.3, 0.4) is 0 Å². The standard InChI is InChI=1S/C26H44O2/c1-25-13-11-20(27)15-18(25)7-9-21-22-10-8-19(26(22,2)14-12-23(21)25)16-24(28)17-5-3-4-6-17/h17-24,27-28H,3-16H2,1-2H3/t18?,19-,20?,21?,22?,23?,24?,25?,26?/m1/s1. The highest BCUT2D eigenvalue weighted by Gasteiger charge is 2.60. The number of hydrogen-bond donors (Lipinski definition) is 2. The minimum atomic E-state index is -0.0334. The van der Waals surface area contributed by atoms with Crippen LogP contribution in [0.15, 0.2) is 0 Å². The van der Waals surface area contributed by atoms with Crippen LogP contribution in [0, 0.1) is 46.3 Å². The first kappa shape index (κ1) is 19.9. The fraction of sp³-hybridized carbons (Fsp3) is 1.00. The summed E-state index contributed by atoms with van der Waals surface area (Å²) in [6.07, 6.45) is 18.0. The Morgan fingerprint density at radius 3 is 2.32 bits per heavy atom. The second kappa shape index (κ2) is 7.26. The van der Waals surface area contributed by atoms with Crippen molar-refractivity contribution in [2.24, 2.45) is 46.3 Å². The number of hydrogen-bond acceptors (Lipinski definition) is 2. The van der Waals surface area contributed by atoms with Gasteiger partial charge < -0.3 is 10.2 Å². The Hall–Kier alpha value is -0.0800. The Labute approximate surface area is 172 Å². The van der Waals surface area contributed by atoms with E-state index in [0.29, 0.717) is 16.7 Å². The van der Waals surface area contributed by atoms with Crippen LogP contribution >= 0.6 is 0 Å². The van der Waals surface area contributed by atoms with Gasteiger partial charge in [0.15, 0.2) is 0 Å². The molecule has 0 spiro atoms. The summed E-state index contributed by atoms with van der Waals surface area (Å²) in [7, 11) is 0. The molecular weight excluding hydrogens is 344 g/mol. The summed E-state index contributed by atoms with van der Waals surface area (Å²) in [5, 5.41) is 21.2. The lowest BCUT2D eigenvalue weighted by molar-refractivity contribution is -0.128. The fourth-order valence-electron chi connectivity index (χ4n) is 9.56. The average molecular weight is 389 g/mol. The number of aliphatic hydroxyl groups is 2. The zero-order valence-electron chi connectivity index (χ0n) is 18.4. The van der Waals surface area contributed by atoms with E-state index < -0.39 is 0 Å². The SMILES string of the molecule is CC12CCC(O)CC1CCC1C2CCC2(C)C1CC[C@@H]2CC(O)C1CCCC1. The third kappa shape index (κ3) is 3.03. The van der Waals surface area contributed by atoms with Crippen molar-refractivity contribution < 1.29 is 10.2 Å². The van der Waals surface area contributed by atoms with Crippen LogP contribution in [-0.4, -0.2) is 22.4 Å². The van der Waals surface area contributed by atoms with Gasteiger partial charge in [0, 0.05) is 0 Å². The molecule has 0 aromatic heterocycles. The molecule has 5 fully saturated rings. The molecule has 28 heavy (non-hydrogen) atoms. The summed E-state index contributed by atoms with van der Waals surface area (Å²) in [6.45, 7) is 5.21. The topological polar surface area (TPSA) is 40.5 Å². The molecular formula is C26H44O2. The Morgan fingerprint density at radius 1 is 0.821 bits per heavy atom. The fourth-order valence-corrected chi connectivity index (χ4v) is 9.56. The smallest absolute Gasteiger partial charge is 0.0571 e. The molecule has 0 radical (unpaired) electrons. The van der Waals surface area contributed by atoms with Crippen molar-refractivity contribution in [2.75, 3.05) is 0 Å². The van der Waals surface area contributed by atoms with Crippen LogP contribution in [0.1, 0.15) is 104 Å². The van der Waals surface area contributed by atoms with Gasteiger partial charge in [0.2, 0.25) is 0 Å². The van der Waals surface area contributed by atoms with Gasteiger partial charge in [-0.2, -0.15) is 0 Å². The third-order valence-corrected chi connectivity index (χ3v) is 11.3. The van der Waals surface area contributed by atoms with Crippen LogP contribution in [0.5, 0.6) is 0 Å². The van der Waals surface area contributed by atoms with Gasteiger partial charge in [0.05, 0.1) is 12.2 Å². The van der Waals surface area contributed by atoms with Gasteiger partial charge >= 0.3 is 0 Å². The Morgan fingerprint density at radius 2 is 1.54 bits per heavy atom. The molecule has 160 valence electrons. The summed E-state index contributed by atoms with van der Waals surface area (Å²) in [4.78, 5) is 0. The third-order valence-electron chi connectivity index (χ3n) is 11.3. The quantitative estimate of drug-likeness (QED) is 0.627. The van der Waals surface area contributed by atoms with E-state index in [1.165, 1.54) is 70.6 Å². The molecule has 8 unspecified atom stereocenters. The van der Waals surface area contributed by atoms with Crippen molar-refractivity contribution in [3.8, 4) is 0 Å². The summed E-state index contributed by atoms with van der Waals surface area (Å²) in [5.74, 6) is 4.84. The van der Waals surface area contributed by atoms with Crippen LogP contribution in [-0.2, 0) is 0 Å². The molecule has 2 heteroatoms. The molecule has 0 amide bonds. The van der Waals surface area contributed by atoms with E-state index in [0.717, 1.165) is 48.9 Å². The van der Waals surface area contributed by atoms with E-state index in [9.17, 15) is 10.2 Å². The highest BCUT2D eigenvalue weighted by atomic mass is 16.3. The number of fused-ring (bicyclic) bond motifs is 5. The summed E-state index contributed by atoms with van der Waals surface area (Å²) < 4.78 is 0. The molecule has 5 aliphatic rings. The first-order valence-electron chi connectivity index (χ1n) is 12.8.